The standard InChI is InChI=1S/C23H19BrFNO4/c1-14-8-11-20(29-2)19(12-14)26-22(27)21(15-6-4-3-5-7-15)30-23(28)17-10-9-16(24)13-18(17)25/h3-13,21H,1-2H3,(H,26,27). The van der Waals surface area contributed by atoms with Crippen LogP contribution >= 0.6 is 15.9 Å². The van der Waals surface area contributed by atoms with E-state index in [1.165, 1.54) is 19.2 Å². The summed E-state index contributed by atoms with van der Waals surface area (Å²) in [6.07, 6.45) is -1.29. The first-order valence-electron chi connectivity index (χ1n) is 9.05. The summed E-state index contributed by atoms with van der Waals surface area (Å²) in [5.74, 6) is -1.82. The quantitative estimate of drug-likeness (QED) is 0.486. The van der Waals surface area contributed by atoms with Gasteiger partial charge in [0.05, 0.1) is 18.4 Å². The fraction of sp³-hybridized carbons (Fsp3) is 0.130. The highest BCUT2D eigenvalue weighted by atomic mass is 79.9. The third-order valence-electron chi connectivity index (χ3n) is 4.33. The molecule has 0 aromatic heterocycles. The van der Waals surface area contributed by atoms with Crippen molar-refractivity contribution in [3.63, 3.8) is 0 Å². The topological polar surface area (TPSA) is 64.6 Å². The molecule has 1 amide bonds. The number of methoxy groups -OCH3 is 1. The van der Waals surface area contributed by atoms with Gasteiger partial charge in [0, 0.05) is 10.0 Å². The molecule has 0 aliphatic carbocycles. The summed E-state index contributed by atoms with van der Waals surface area (Å²) in [6.45, 7) is 1.88. The third-order valence-corrected chi connectivity index (χ3v) is 4.82. The summed E-state index contributed by atoms with van der Waals surface area (Å²) >= 11 is 3.14. The number of aryl methyl sites for hydroxylation is 1. The minimum absolute atomic E-state index is 0.264. The van der Waals surface area contributed by atoms with Crippen LogP contribution in [0.2, 0.25) is 0 Å². The Hall–Kier alpha value is -3.19. The Morgan fingerprint density at radius 2 is 1.77 bits per heavy atom. The SMILES string of the molecule is COc1ccc(C)cc1NC(=O)C(OC(=O)c1ccc(Br)cc1F)c1ccccc1. The van der Waals surface area contributed by atoms with Gasteiger partial charge in [0.2, 0.25) is 6.10 Å². The summed E-state index contributed by atoms with van der Waals surface area (Å²) in [5, 5.41) is 2.74. The van der Waals surface area contributed by atoms with Crippen LogP contribution in [-0.4, -0.2) is 19.0 Å². The lowest BCUT2D eigenvalue weighted by Crippen LogP contribution is -2.26. The lowest BCUT2D eigenvalue weighted by molar-refractivity contribution is -0.125. The fourth-order valence-corrected chi connectivity index (χ4v) is 3.18. The molecule has 0 heterocycles. The number of benzene rings is 3. The molecular formula is C23H19BrFNO4. The molecule has 0 saturated heterocycles. The van der Waals surface area contributed by atoms with Gasteiger partial charge < -0.3 is 14.8 Å². The van der Waals surface area contributed by atoms with E-state index in [0.717, 1.165) is 11.6 Å². The Bertz CT molecular complexity index is 1070. The second-order valence-corrected chi connectivity index (χ2v) is 7.43. The lowest BCUT2D eigenvalue weighted by Gasteiger charge is -2.19. The summed E-state index contributed by atoms with van der Waals surface area (Å²) in [5.41, 5.74) is 1.54. The first kappa shape index (κ1) is 21.5. The minimum atomic E-state index is -1.29. The van der Waals surface area contributed by atoms with E-state index in [2.05, 4.69) is 21.2 Å². The van der Waals surface area contributed by atoms with Crippen LogP contribution in [0.25, 0.3) is 0 Å². The molecular weight excluding hydrogens is 453 g/mol. The molecule has 0 saturated carbocycles. The monoisotopic (exact) mass is 471 g/mol. The van der Waals surface area contributed by atoms with Gasteiger partial charge in [-0.2, -0.15) is 0 Å². The maximum absolute atomic E-state index is 14.2. The van der Waals surface area contributed by atoms with Crippen molar-refractivity contribution < 1.29 is 23.5 Å². The van der Waals surface area contributed by atoms with Gasteiger partial charge in [-0.25, -0.2) is 9.18 Å². The average molecular weight is 472 g/mol. The van der Waals surface area contributed by atoms with Gasteiger partial charge in [0.15, 0.2) is 0 Å². The van der Waals surface area contributed by atoms with E-state index in [1.54, 1.807) is 42.5 Å². The Morgan fingerprint density at radius 3 is 2.43 bits per heavy atom. The van der Waals surface area contributed by atoms with Crippen molar-refractivity contribution in [3.05, 3.63) is 93.7 Å². The molecule has 3 rings (SSSR count). The molecule has 0 aliphatic rings. The fourth-order valence-electron chi connectivity index (χ4n) is 2.84. The third kappa shape index (κ3) is 5.04. The number of carbonyl (C=O) groups is 2. The Balaban J connectivity index is 1.90. The van der Waals surface area contributed by atoms with Gasteiger partial charge in [-0.15, -0.1) is 0 Å². The van der Waals surface area contributed by atoms with Gasteiger partial charge in [-0.1, -0.05) is 52.3 Å². The van der Waals surface area contributed by atoms with Crippen molar-refractivity contribution in [2.75, 3.05) is 12.4 Å². The van der Waals surface area contributed by atoms with Crippen molar-refractivity contribution in [1.82, 2.24) is 0 Å². The zero-order valence-corrected chi connectivity index (χ0v) is 17.9. The number of rotatable bonds is 6. The Kier molecular flexibility index (Phi) is 6.84. The summed E-state index contributed by atoms with van der Waals surface area (Å²) in [4.78, 5) is 25.7. The van der Waals surface area contributed by atoms with Crippen LogP contribution in [-0.2, 0) is 9.53 Å². The van der Waals surface area contributed by atoms with Crippen molar-refractivity contribution >= 4 is 33.5 Å². The average Bonchev–Trinajstić information content (AvgIpc) is 2.72. The highest BCUT2D eigenvalue weighted by molar-refractivity contribution is 9.10. The highest BCUT2D eigenvalue weighted by Crippen LogP contribution is 2.28. The predicted octanol–water partition coefficient (Wildman–Crippen LogP) is 5.44. The van der Waals surface area contributed by atoms with E-state index < -0.39 is 23.8 Å². The molecule has 5 nitrogen and oxygen atoms in total. The molecule has 7 heteroatoms. The van der Waals surface area contributed by atoms with Crippen LogP contribution in [0.1, 0.15) is 27.6 Å². The summed E-state index contributed by atoms with van der Waals surface area (Å²) in [6, 6.07) is 17.8. The molecule has 0 fully saturated rings. The zero-order valence-electron chi connectivity index (χ0n) is 16.3. The molecule has 3 aromatic carbocycles. The maximum Gasteiger partial charge on any atom is 0.342 e. The molecule has 3 aromatic rings. The molecule has 0 bridgehead atoms. The highest BCUT2D eigenvalue weighted by Gasteiger charge is 2.27. The molecule has 30 heavy (non-hydrogen) atoms. The molecule has 0 spiro atoms. The largest absolute Gasteiger partial charge is 0.495 e. The number of nitrogens with one attached hydrogen (secondary N) is 1. The van der Waals surface area contributed by atoms with Crippen LogP contribution < -0.4 is 10.1 Å². The van der Waals surface area contributed by atoms with Crippen LogP contribution in [0.3, 0.4) is 0 Å². The number of ether oxygens (including phenoxy) is 2. The number of esters is 1. The van der Waals surface area contributed by atoms with Crippen molar-refractivity contribution in [2.45, 2.75) is 13.0 Å². The van der Waals surface area contributed by atoms with Crippen LogP contribution in [0.15, 0.2) is 71.2 Å². The molecule has 154 valence electrons. The Morgan fingerprint density at radius 1 is 1.03 bits per heavy atom. The van der Waals surface area contributed by atoms with E-state index in [1.807, 2.05) is 13.0 Å². The van der Waals surface area contributed by atoms with Gasteiger partial charge in [-0.3, -0.25) is 4.79 Å². The smallest absolute Gasteiger partial charge is 0.342 e. The second kappa shape index (κ2) is 9.54. The second-order valence-electron chi connectivity index (χ2n) is 6.51. The summed E-state index contributed by atoms with van der Waals surface area (Å²) in [7, 11) is 1.49. The van der Waals surface area contributed by atoms with Crippen LogP contribution in [0.4, 0.5) is 10.1 Å². The van der Waals surface area contributed by atoms with E-state index in [0.29, 0.717) is 21.5 Å². The van der Waals surface area contributed by atoms with Gasteiger partial charge in [0.25, 0.3) is 5.91 Å². The first-order chi connectivity index (χ1) is 14.4. The zero-order chi connectivity index (χ0) is 21.7. The van der Waals surface area contributed by atoms with Crippen LogP contribution in [0.5, 0.6) is 5.75 Å². The van der Waals surface area contributed by atoms with Crippen molar-refractivity contribution in [3.8, 4) is 5.75 Å². The lowest BCUT2D eigenvalue weighted by atomic mass is 10.1. The van der Waals surface area contributed by atoms with Crippen LogP contribution in [0, 0.1) is 12.7 Å². The number of amides is 1. The molecule has 1 N–H and O–H groups in total. The van der Waals surface area contributed by atoms with Gasteiger partial charge >= 0.3 is 5.97 Å². The summed E-state index contributed by atoms with van der Waals surface area (Å²) < 4.78 is 25.4. The molecule has 0 aliphatic heterocycles. The van der Waals surface area contributed by atoms with E-state index in [9.17, 15) is 14.0 Å². The number of hydrogen-bond donors (Lipinski definition) is 1. The minimum Gasteiger partial charge on any atom is -0.495 e. The van der Waals surface area contributed by atoms with Crippen molar-refractivity contribution in [1.29, 1.82) is 0 Å². The van der Waals surface area contributed by atoms with Crippen molar-refractivity contribution in [2.24, 2.45) is 0 Å². The maximum atomic E-state index is 14.2. The van der Waals surface area contributed by atoms with Gasteiger partial charge in [0.1, 0.15) is 11.6 Å². The number of halogens is 2. The van der Waals surface area contributed by atoms with Gasteiger partial charge in [-0.05, 0) is 42.8 Å². The Labute approximate surface area is 182 Å². The van der Waals surface area contributed by atoms with E-state index >= 15 is 0 Å². The number of anilines is 1. The first-order valence-corrected chi connectivity index (χ1v) is 9.85. The predicted molar refractivity (Wildman–Crippen MR) is 115 cm³/mol. The molecule has 1 atom stereocenters. The number of carbonyl (C=O) groups excluding carboxylic acids is 2. The normalized spacial score (nSPS) is 11.5. The molecule has 1 unspecified atom stereocenters. The molecule has 0 radical (unpaired) electrons. The van der Waals surface area contributed by atoms with E-state index in [4.69, 9.17) is 9.47 Å². The number of hydrogen-bond acceptors (Lipinski definition) is 4. The van der Waals surface area contributed by atoms with E-state index in [-0.39, 0.29) is 5.56 Å².